The minimum atomic E-state index is -0.222. The van der Waals surface area contributed by atoms with Crippen molar-refractivity contribution in [3.63, 3.8) is 0 Å². The number of hydrogen-bond donors (Lipinski definition) is 1. The Bertz CT molecular complexity index is 974. The minimum Gasteiger partial charge on any atom is -1.00 e. The lowest BCUT2D eigenvalue weighted by Crippen LogP contribution is -3.00. The van der Waals surface area contributed by atoms with Crippen molar-refractivity contribution in [2.75, 3.05) is 18.5 Å². The summed E-state index contributed by atoms with van der Waals surface area (Å²) in [6.07, 6.45) is 8.06. The highest BCUT2D eigenvalue weighted by atomic mass is 127. The number of anilines is 1. The summed E-state index contributed by atoms with van der Waals surface area (Å²) in [6, 6.07) is 19.1. The SMILES string of the molecule is CCOc1cc(/C=C/c2cc[n+](C)cc2)ccc1OCC(=O)Nc1ccccc1.[I-]. The fraction of sp³-hybridized carbons (Fsp3) is 0.167. The Balaban J connectivity index is 0.00000320. The molecule has 156 valence electrons. The Labute approximate surface area is 194 Å². The van der Waals surface area contributed by atoms with Crippen LogP contribution in [0.2, 0.25) is 0 Å². The monoisotopic (exact) mass is 516 g/mol. The maximum Gasteiger partial charge on any atom is 0.262 e. The lowest BCUT2D eigenvalue weighted by Gasteiger charge is -2.12. The van der Waals surface area contributed by atoms with Crippen LogP contribution in [-0.4, -0.2) is 19.1 Å². The second kappa shape index (κ2) is 12.0. The molecule has 0 atom stereocenters. The molecule has 6 heteroatoms. The molecule has 1 aromatic heterocycles. The standard InChI is InChI=1S/C24H24N2O3.HI/c1-3-28-23-17-20(10-9-19-13-15-26(2)16-14-19)11-12-22(23)29-18-24(27)25-21-7-5-4-6-8-21;/h4-17H,3,18H2,1-2H3;1H/b10-9+;. The molecule has 0 aliphatic heterocycles. The number of para-hydroxylation sites is 1. The highest BCUT2D eigenvalue weighted by Crippen LogP contribution is 2.29. The first kappa shape index (κ1) is 23.4. The van der Waals surface area contributed by atoms with Crippen LogP contribution >= 0.6 is 0 Å². The Hall–Kier alpha value is -2.87. The number of nitrogens with one attached hydrogen (secondary N) is 1. The maximum absolute atomic E-state index is 12.1. The van der Waals surface area contributed by atoms with Crippen LogP contribution in [0.3, 0.4) is 0 Å². The zero-order valence-electron chi connectivity index (χ0n) is 17.0. The van der Waals surface area contributed by atoms with E-state index < -0.39 is 0 Å². The number of benzene rings is 2. The van der Waals surface area contributed by atoms with Gasteiger partial charge in [-0.25, -0.2) is 4.57 Å². The zero-order valence-corrected chi connectivity index (χ0v) is 19.2. The van der Waals surface area contributed by atoms with Crippen LogP contribution in [0.5, 0.6) is 11.5 Å². The van der Waals surface area contributed by atoms with Crippen molar-refractivity contribution < 1.29 is 42.8 Å². The summed E-state index contributed by atoms with van der Waals surface area (Å²) in [6.45, 7) is 2.33. The molecule has 30 heavy (non-hydrogen) atoms. The number of rotatable bonds is 8. The Morgan fingerprint density at radius 2 is 1.63 bits per heavy atom. The third kappa shape index (κ3) is 7.18. The second-order valence-corrected chi connectivity index (χ2v) is 6.47. The fourth-order valence-electron chi connectivity index (χ4n) is 2.69. The van der Waals surface area contributed by atoms with Gasteiger partial charge in [-0.2, -0.15) is 0 Å². The minimum absolute atomic E-state index is 0. The molecule has 1 amide bonds. The highest BCUT2D eigenvalue weighted by molar-refractivity contribution is 5.91. The normalized spacial score (nSPS) is 10.3. The van der Waals surface area contributed by atoms with Gasteiger partial charge in [0.15, 0.2) is 30.5 Å². The molecule has 0 spiro atoms. The highest BCUT2D eigenvalue weighted by Gasteiger charge is 2.09. The van der Waals surface area contributed by atoms with Crippen molar-refractivity contribution in [1.82, 2.24) is 0 Å². The molecule has 3 aromatic rings. The van der Waals surface area contributed by atoms with E-state index in [0.29, 0.717) is 18.1 Å². The van der Waals surface area contributed by atoms with Crippen molar-refractivity contribution in [2.24, 2.45) is 7.05 Å². The van der Waals surface area contributed by atoms with Gasteiger partial charge in [0.2, 0.25) is 0 Å². The first-order valence-corrected chi connectivity index (χ1v) is 9.52. The third-order valence-corrected chi connectivity index (χ3v) is 4.16. The number of carbonyl (C=O) groups excluding carboxylic acids is 1. The summed E-state index contributed by atoms with van der Waals surface area (Å²) in [7, 11) is 1.99. The van der Waals surface area contributed by atoms with Crippen molar-refractivity contribution in [3.05, 3.63) is 84.2 Å². The van der Waals surface area contributed by atoms with E-state index in [1.807, 2.05) is 104 Å². The predicted octanol–water partition coefficient (Wildman–Crippen LogP) is 1.10. The van der Waals surface area contributed by atoms with Crippen LogP contribution in [0.4, 0.5) is 5.69 Å². The van der Waals surface area contributed by atoms with E-state index >= 15 is 0 Å². The van der Waals surface area contributed by atoms with Crippen LogP contribution in [0, 0.1) is 0 Å². The summed E-state index contributed by atoms with van der Waals surface area (Å²) in [5, 5.41) is 2.80. The van der Waals surface area contributed by atoms with Crippen LogP contribution in [-0.2, 0) is 11.8 Å². The molecule has 2 aromatic carbocycles. The van der Waals surface area contributed by atoms with Crippen molar-refractivity contribution in [2.45, 2.75) is 6.92 Å². The predicted molar refractivity (Wildman–Crippen MR) is 115 cm³/mol. The number of halogens is 1. The summed E-state index contributed by atoms with van der Waals surface area (Å²) < 4.78 is 13.4. The molecule has 1 N–H and O–H groups in total. The van der Waals surface area contributed by atoms with E-state index in [4.69, 9.17) is 9.47 Å². The van der Waals surface area contributed by atoms with E-state index in [9.17, 15) is 4.79 Å². The zero-order chi connectivity index (χ0) is 20.5. The second-order valence-electron chi connectivity index (χ2n) is 6.47. The molecule has 1 heterocycles. The van der Waals surface area contributed by atoms with Crippen molar-refractivity contribution >= 4 is 23.7 Å². The Kier molecular flexibility index (Phi) is 9.34. The van der Waals surface area contributed by atoms with Gasteiger partial charge in [0.05, 0.1) is 6.61 Å². The molecule has 0 fully saturated rings. The Morgan fingerprint density at radius 3 is 2.33 bits per heavy atom. The van der Waals surface area contributed by atoms with Gasteiger partial charge in [0.25, 0.3) is 5.91 Å². The van der Waals surface area contributed by atoms with Gasteiger partial charge in [-0.1, -0.05) is 36.4 Å². The molecular weight excluding hydrogens is 491 g/mol. The topological polar surface area (TPSA) is 51.4 Å². The summed E-state index contributed by atoms with van der Waals surface area (Å²) in [5.41, 5.74) is 2.84. The average molecular weight is 516 g/mol. The summed E-state index contributed by atoms with van der Waals surface area (Å²) in [5.74, 6) is 0.931. The van der Waals surface area contributed by atoms with Gasteiger partial charge in [-0.3, -0.25) is 4.79 Å². The van der Waals surface area contributed by atoms with Crippen LogP contribution in [0.25, 0.3) is 12.2 Å². The van der Waals surface area contributed by atoms with Crippen LogP contribution in [0.15, 0.2) is 73.1 Å². The third-order valence-electron chi connectivity index (χ3n) is 4.16. The average Bonchev–Trinajstić information content (AvgIpc) is 2.73. The fourth-order valence-corrected chi connectivity index (χ4v) is 2.69. The number of ether oxygens (including phenoxy) is 2. The Morgan fingerprint density at radius 1 is 0.933 bits per heavy atom. The van der Waals surface area contributed by atoms with Gasteiger partial charge in [-0.15, -0.1) is 0 Å². The molecule has 0 saturated heterocycles. The first-order chi connectivity index (χ1) is 14.1. The van der Waals surface area contributed by atoms with Crippen LogP contribution in [0.1, 0.15) is 18.1 Å². The molecule has 0 saturated carbocycles. The van der Waals surface area contributed by atoms with Crippen molar-refractivity contribution in [1.29, 1.82) is 0 Å². The van der Waals surface area contributed by atoms with Crippen LogP contribution < -0.4 is 43.3 Å². The van der Waals surface area contributed by atoms with E-state index in [1.54, 1.807) is 0 Å². The van der Waals surface area contributed by atoms with E-state index in [2.05, 4.69) is 5.32 Å². The molecule has 0 unspecified atom stereocenters. The van der Waals surface area contributed by atoms with Gasteiger partial charge >= 0.3 is 0 Å². The maximum atomic E-state index is 12.1. The quantitative estimate of drug-likeness (QED) is 0.361. The van der Waals surface area contributed by atoms with E-state index in [0.717, 1.165) is 16.8 Å². The molecule has 0 aliphatic carbocycles. The molecule has 0 radical (unpaired) electrons. The number of amides is 1. The molecule has 0 bridgehead atoms. The van der Waals surface area contributed by atoms with E-state index in [1.165, 1.54) is 0 Å². The smallest absolute Gasteiger partial charge is 0.262 e. The number of pyridine rings is 1. The van der Waals surface area contributed by atoms with Gasteiger partial charge in [0, 0.05) is 17.8 Å². The van der Waals surface area contributed by atoms with Gasteiger partial charge < -0.3 is 38.8 Å². The van der Waals surface area contributed by atoms with E-state index in [-0.39, 0.29) is 36.5 Å². The van der Waals surface area contributed by atoms with Crippen molar-refractivity contribution in [3.8, 4) is 11.5 Å². The number of hydrogen-bond acceptors (Lipinski definition) is 3. The molecular formula is C24H25IN2O3. The number of nitrogens with zero attached hydrogens (tertiary/aromatic N) is 1. The first-order valence-electron chi connectivity index (χ1n) is 9.52. The number of aryl methyl sites for hydroxylation is 1. The molecule has 3 rings (SSSR count). The summed E-state index contributed by atoms with van der Waals surface area (Å²) >= 11 is 0. The van der Waals surface area contributed by atoms with Gasteiger partial charge in [0.1, 0.15) is 7.05 Å². The molecule has 0 aliphatic rings. The number of carbonyl (C=O) groups is 1. The lowest BCUT2D eigenvalue weighted by atomic mass is 10.1. The largest absolute Gasteiger partial charge is 1.00 e. The van der Waals surface area contributed by atoms with Gasteiger partial charge in [-0.05, 0) is 42.3 Å². The number of aromatic nitrogens is 1. The summed E-state index contributed by atoms with van der Waals surface area (Å²) in [4.78, 5) is 12.1. The lowest BCUT2D eigenvalue weighted by molar-refractivity contribution is -0.671. The molecule has 5 nitrogen and oxygen atoms in total.